The fraction of sp³-hybridized carbons (Fsp3) is 0.143. The van der Waals surface area contributed by atoms with Crippen LogP contribution in [0.3, 0.4) is 0 Å². The maximum atomic E-state index is 12.8. The number of amides is 1. The van der Waals surface area contributed by atoms with Gasteiger partial charge in [0.25, 0.3) is 5.91 Å². The highest BCUT2D eigenvalue weighted by Crippen LogP contribution is 2.34. The number of nitrogen functional groups attached to an aromatic ring is 1. The number of carbonyl (C=O) groups excluding carboxylic acids is 1. The van der Waals surface area contributed by atoms with E-state index < -0.39 is 11.7 Å². The normalized spacial score (nSPS) is 10.0. The molecule has 2 rings (SSSR count). The van der Waals surface area contributed by atoms with Crippen LogP contribution < -0.4 is 20.5 Å². The highest BCUT2D eigenvalue weighted by atomic mass is 19.1. The molecule has 110 valence electrons. The zero-order chi connectivity index (χ0) is 15.4. The van der Waals surface area contributed by atoms with Crippen molar-refractivity contribution in [2.45, 2.75) is 0 Å². The number of pyridine rings is 1. The Morgan fingerprint density at radius 3 is 2.48 bits per heavy atom. The molecular weight excluding hydrogens is 277 g/mol. The number of rotatable bonds is 4. The Morgan fingerprint density at radius 1 is 1.24 bits per heavy atom. The summed E-state index contributed by atoms with van der Waals surface area (Å²) in [4.78, 5) is 15.7. The van der Waals surface area contributed by atoms with Crippen LogP contribution in [0.15, 0.2) is 30.5 Å². The fourth-order valence-corrected chi connectivity index (χ4v) is 1.70. The number of hydrogen-bond donors (Lipinski definition) is 2. The molecule has 3 N–H and O–H groups in total. The Labute approximate surface area is 120 Å². The lowest BCUT2D eigenvalue weighted by molar-refractivity contribution is 0.102. The second-order valence-corrected chi connectivity index (χ2v) is 4.11. The molecule has 0 unspecified atom stereocenters. The first-order valence-corrected chi connectivity index (χ1v) is 5.99. The molecule has 0 aliphatic heterocycles. The van der Waals surface area contributed by atoms with Crippen LogP contribution in [0.5, 0.6) is 11.5 Å². The van der Waals surface area contributed by atoms with E-state index in [9.17, 15) is 9.18 Å². The van der Waals surface area contributed by atoms with Crippen LogP contribution in [0.4, 0.5) is 15.8 Å². The number of nitrogens with one attached hydrogen (secondary N) is 1. The van der Waals surface area contributed by atoms with Crippen LogP contribution >= 0.6 is 0 Å². The molecule has 6 nitrogen and oxygen atoms in total. The lowest BCUT2D eigenvalue weighted by Gasteiger charge is -2.13. The van der Waals surface area contributed by atoms with Gasteiger partial charge in [-0.15, -0.1) is 0 Å². The molecule has 0 fully saturated rings. The topological polar surface area (TPSA) is 86.5 Å². The van der Waals surface area contributed by atoms with E-state index in [4.69, 9.17) is 15.2 Å². The highest BCUT2D eigenvalue weighted by molar-refractivity contribution is 6.04. The van der Waals surface area contributed by atoms with Crippen molar-refractivity contribution in [3.8, 4) is 11.5 Å². The molecule has 0 bridgehead atoms. The van der Waals surface area contributed by atoms with Gasteiger partial charge in [0.05, 0.1) is 31.8 Å². The summed E-state index contributed by atoms with van der Waals surface area (Å²) < 4.78 is 23.0. The molecule has 0 radical (unpaired) electrons. The van der Waals surface area contributed by atoms with Crippen LogP contribution in [0, 0.1) is 5.82 Å². The summed E-state index contributed by atoms with van der Waals surface area (Å²) in [6, 6.07) is 5.50. The SMILES string of the molecule is COc1cc(N)c(NC(=O)c2ccc(F)cn2)cc1OC. The third kappa shape index (κ3) is 3.19. The first-order valence-electron chi connectivity index (χ1n) is 5.99. The molecule has 0 saturated carbocycles. The second-order valence-electron chi connectivity index (χ2n) is 4.11. The van der Waals surface area contributed by atoms with Crippen LogP contribution in [0.25, 0.3) is 0 Å². The Balaban J connectivity index is 2.26. The quantitative estimate of drug-likeness (QED) is 0.842. The Kier molecular flexibility index (Phi) is 4.22. The molecule has 0 aliphatic rings. The Hall–Kier alpha value is -2.83. The molecular formula is C14H14FN3O3. The van der Waals surface area contributed by atoms with Gasteiger partial charge in [-0.25, -0.2) is 9.37 Å². The fourth-order valence-electron chi connectivity index (χ4n) is 1.70. The molecule has 0 aliphatic carbocycles. The maximum Gasteiger partial charge on any atom is 0.274 e. The molecule has 1 amide bonds. The maximum absolute atomic E-state index is 12.8. The number of halogens is 1. The van der Waals surface area contributed by atoms with E-state index in [1.165, 1.54) is 32.4 Å². The van der Waals surface area contributed by atoms with Crippen molar-refractivity contribution in [2.75, 3.05) is 25.3 Å². The van der Waals surface area contributed by atoms with Gasteiger partial charge >= 0.3 is 0 Å². The standard InChI is InChI=1S/C14H14FN3O3/c1-20-12-5-9(16)11(6-13(12)21-2)18-14(19)10-4-3-8(15)7-17-10/h3-7H,16H2,1-2H3,(H,18,19). The second kappa shape index (κ2) is 6.08. The van der Waals surface area contributed by atoms with Crippen LogP contribution in [0.2, 0.25) is 0 Å². The Morgan fingerprint density at radius 2 is 1.90 bits per heavy atom. The highest BCUT2D eigenvalue weighted by Gasteiger charge is 2.13. The minimum atomic E-state index is -0.516. The summed E-state index contributed by atoms with van der Waals surface area (Å²) in [6.45, 7) is 0. The zero-order valence-corrected chi connectivity index (χ0v) is 11.5. The molecule has 1 heterocycles. The van der Waals surface area contributed by atoms with Gasteiger partial charge in [-0.3, -0.25) is 4.79 Å². The van der Waals surface area contributed by atoms with Crippen molar-refractivity contribution in [3.05, 3.63) is 42.0 Å². The molecule has 0 spiro atoms. The van der Waals surface area contributed by atoms with E-state index in [-0.39, 0.29) is 5.69 Å². The van der Waals surface area contributed by atoms with Gasteiger partial charge in [0.15, 0.2) is 11.5 Å². The number of methoxy groups -OCH3 is 2. The Bertz CT molecular complexity index is 659. The predicted molar refractivity (Wildman–Crippen MR) is 76.1 cm³/mol. The van der Waals surface area contributed by atoms with E-state index in [0.29, 0.717) is 22.9 Å². The molecule has 21 heavy (non-hydrogen) atoms. The lowest BCUT2D eigenvalue weighted by Crippen LogP contribution is -2.15. The van der Waals surface area contributed by atoms with Crippen molar-refractivity contribution in [1.29, 1.82) is 0 Å². The molecule has 1 aromatic carbocycles. The van der Waals surface area contributed by atoms with E-state index in [1.54, 1.807) is 0 Å². The van der Waals surface area contributed by atoms with Crippen LogP contribution in [-0.2, 0) is 0 Å². The summed E-state index contributed by atoms with van der Waals surface area (Å²) in [5.74, 6) is -0.145. The van der Waals surface area contributed by atoms with E-state index in [2.05, 4.69) is 10.3 Å². The number of carbonyl (C=O) groups is 1. The zero-order valence-electron chi connectivity index (χ0n) is 11.5. The molecule has 2 aromatic rings. The van der Waals surface area contributed by atoms with E-state index in [0.717, 1.165) is 12.3 Å². The average molecular weight is 291 g/mol. The first-order chi connectivity index (χ1) is 10.0. The van der Waals surface area contributed by atoms with E-state index in [1.807, 2.05) is 0 Å². The van der Waals surface area contributed by atoms with Crippen molar-refractivity contribution < 1.29 is 18.7 Å². The third-order valence-corrected chi connectivity index (χ3v) is 2.76. The summed E-state index contributed by atoms with van der Waals surface area (Å²) >= 11 is 0. The number of nitrogens with two attached hydrogens (primary N) is 1. The largest absolute Gasteiger partial charge is 0.493 e. The average Bonchev–Trinajstić information content (AvgIpc) is 2.49. The van der Waals surface area contributed by atoms with Crippen molar-refractivity contribution in [2.24, 2.45) is 0 Å². The lowest BCUT2D eigenvalue weighted by atomic mass is 10.2. The number of benzene rings is 1. The van der Waals surface area contributed by atoms with Gasteiger partial charge in [-0.2, -0.15) is 0 Å². The van der Waals surface area contributed by atoms with Crippen LogP contribution in [0.1, 0.15) is 10.5 Å². The van der Waals surface area contributed by atoms with Crippen molar-refractivity contribution in [3.63, 3.8) is 0 Å². The number of nitrogens with zero attached hydrogens (tertiary/aromatic N) is 1. The summed E-state index contributed by atoms with van der Waals surface area (Å²) in [7, 11) is 2.96. The number of hydrogen-bond acceptors (Lipinski definition) is 5. The monoisotopic (exact) mass is 291 g/mol. The number of ether oxygens (including phenoxy) is 2. The van der Waals surface area contributed by atoms with Gasteiger partial charge in [-0.05, 0) is 12.1 Å². The van der Waals surface area contributed by atoms with Crippen LogP contribution in [-0.4, -0.2) is 25.1 Å². The number of anilines is 2. The summed E-state index contributed by atoms with van der Waals surface area (Å²) in [6.07, 6.45) is 0.965. The van der Waals surface area contributed by atoms with Crippen molar-refractivity contribution in [1.82, 2.24) is 4.98 Å². The van der Waals surface area contributed by atoms with Gasteiger partial charge in [0.1, 0.15) is 11.5 Å². The minimum absolute atomic E-state index is 0.0746. The van der Waals surface area contributed by atoms with E-state index >= 15 is 0 Å². The minimum Gasteiger partial charge on any atom is -0.493 e. The summed E-state index contributed by atoms with van der Waals surface area (Å²) in [5.41, 5.74) is 6.57. The molecule has 0 atom stereocenters. The van der Waals surface area contributed by atoms with Crippen molar-refractivity contribution >= 4 is 17.3 Å². The predicted octanol–water partition coefficient (Wildman–Crippen LogP) is 2.07. The summed E-state index contributed by atoms with van der Waals surface area (Å²) in [5, 5.41) is 2.59. The number of aromatic nitrogens is 1. The first kappa shape index (κ1) is 14.6. The van der Waals surface area contributed by atoms with Gasteiger partial charge < -0.3 is 20.5 Å². The van der Waals surface area contributed by atoms with Gasteiger partial charge in [0, 0.05) is 12.1 Å². The third-order valence-electron chi connectivity index (χ3n) is 2.76. The smallest absolute Gasteiger partial charge is 0.274 e. The molecule has 0 saturated heterocycles. The molecule has 7 heteroatoms. The molecule has 1 aromatic heterocycles. The van der Waals surface area contributed by atoms with Gasteiger partial charge in [-0.1, -0.05) is 0 Å². The van der Waals surface area contributed by atoms with Gasteiger partial charge in [0.2, 0.25) is 0 Å².